The number of piperazine rings is 1. The van der Waals surface area contributed by atoms with E-state index >= 15 is 0 Å². The highest BCUT2D eigenvalue weighted by atomic mass is 35.5. The maximum absolute atomic E-state index is 11.6. The second-order valence-corrected chi connectivity index (χ2v) is 4.08. The van der Waals surface area contributed by atoms with Crippen molar-refractivity contribution in [1.29, 1.82) is 0 Å². The first-order chi connectivity index (χ1) is 7.18. The molecule has 1 N–H and O–H groups in total. The standard InChI is InChI=1S/C11H13ClN2O/c1-8-2-3-10(9(12)6-8)14-5-4-13-7-11(14)15/h2-3,6,13H,4-5,7H2,1H3. The Morgan fingerprint density at radius 1 is 1.47 bits per heavy atom. The van der Waals surface area contributed by atoms with E-state index in [4.69, 9.17) is 11.6 Å². The first-order valence-corrected chi connectivity index (χ1v) is 5.33. The fourth-order valence-corrected chi connectivity index (χ4v) is 2.03. The molecule has 0 unspecified atom stereocenters. The van der Waals surface area contributed by atoms with Crippen molar-refractivity contribution in [3.8, 4) is 0 Å². The van der Waals surface area contributed by atoms with Gasteiger partial charge in [-0.2, -0.15) is 0 Å². The van der Waals surface area contributed by atoms with E-state index in [1.54, 1.807) is 4.90 Å². The normalized spacial score (nSPS) is 16.9. The van der Waals surface area contributed by atoms with Crippen LogP contribution >= 0.6 is 11.6 Å². The summed E-state index contributed by atoms with van der Waals surface area (Å²) in [5.41, 5.74) is 1.92. The maximum Gasteiger partial charge on any atom is 0.241 e. The number of hydrogen-bond donors (Lipinski definition) is 1. The molecule has 1 heterocycles. The zero-order chi connectivity index (χ0) is 10.8. The van der Waals surface area contributed by atoms with Crippen molar-refractivity contribution in [3.63, 3.8) is 0 Å². The monoisotopic (exact) mass is 224 g/mol. The molecule has 0 bridgehead atoms. The Hall–Kier alpha value is -1.06. The molecular formula is C11H13ClN2O. The zero-order valence-electron chi connectivity index (χ0n) is 8.59. The maximum atomic E-state index is 11.6. The molecule has 1 aliphatic rings. The first-order valence-electron chi connectivity index (χ1n) is 4.96. The van der Waals surface area contributed by atoms with Gasteiger partial charge in [0.1, 0.15) is 0 Å². The summed E-state index contributed by atoms with van der Waals surface area (Å²) in [7, 11) is 0. The van der Waals surface area contributed by atoms with E-state index in [0.717, 1.165) is 17.8 Å². The number of anilines is 1. The molecule has 0 atom stereocenters. The van der Waals surface area contributed by atoms with Crippen LogP contribution in [0.25, 0.3) is 0 Å². The Kier molecular flexibility index (Phi) is 2.93. The second kappa shape index (κ2) is 4.21. The van der Waals surface area contributed by atoms with Gasteiger partial charge in [-0.15, -0.1) is 0 Å². The minimum absolute atomic E-state index is 0.0759. The summed E-state index contributed by atoms with van der Waals surface area (Å²) < 4.78 is 0. The molecule has 80 valence electrons. The molecule has 1 aliphatic heterocycles. The minimum Gasteiger partial charge on any atom is -0.309 e. The number of hydrogen-bond acceptors (Lipinski definition) is 2. The van der Waals surface area contributed by atoms with Crippen LogP contribution < -0.4 is 10.2 Å². The van der Waals surface area contributed by atoms with Gasteiger partial charge in [0.15, 0.2) is 0 Å². The third kappa shape index (κ3) is 2.13. The molecule has 1 aromatic carbocycles. The summed E-state index contributed by atoms with van der Waals surface area (Å²) in [5, 5.41) is 3.67. The number of carbonyl (C=O) groups excluding carboxylic acids is 1. The van der Waals surface area contributed by atoms with Crippen molar-refractivity contribution in [1.82, 2.24) is 5.32 Å². The first kappa shape index (κ1) is 10.5. The molecule has 4 heteroatoms. The van der Waals surface area contributed by atoms with Crippen LogP contribution in [0.2, 0.25) is 5.02 Å². The minimum atomic E-state index is 0.0759. The van der Waals surface area contributed by atoms with Crippen molar-refractivity contribution in [2.24, 2.45) is 0 Å². The third-order valence-corrected chi connectivity index (χ3v) is 2.79. The molecule has 3 nitrogen and oxygen atoms in total. The molecule has 0 aromatic heterocycles. The summed E-state index contributed by atoms with van der Waals surface area (Å²) in [6, 6.07) is 5.75. The Balaban J connectivity index is 2.31. The highest BCUT2D eigenvalue weighted by Crippen LogP contribution is 2.27. The van der Waals surface area contributed by atoms with E-state index in [1.165, 1.54) is 0 Å². The number of amides is 1. The van der Waals surface area contributed by atoms with Gasteiger partial charge in [-0.3, -0.25) is 4.79 Å². The number of nitrogens with zero attached hydrogens (tertiary/aromatic N) is 1. The molecule has 1 saturated heterocycles. The molecule has 2 rings (SSSR count). The second-order valence-electron chi connectivity index (χ2n) is 3.68. The van der Waals surface area contributed by atoms with Crippen molar-refractivity contribution >= 4 is 23.2 Å². The van der Waals surface area contributed by atoms with E-state index in [2.05, 4.69) is 5.32 Å². The van der Waals surface area contributed by atoms with Crippen LogP contribution in [-0.4, -0.2) is 25.5 Å². The van der Waals surface area contributed by atoms with Gasteiger partial charge in [-0.25, -0.2) is 0 Å². The Bertz CT molecular complexity index is 392. The van der Waals surface area contributed by atoms with E-state index in [-0.39, 0.29) is 5.91 Å². The predicted octanol–water partition coefficient (Wildman–Crippen LogP) is 1.58. The van der Waals surface area contributed by atoms with Gasteiger partial charge in [0.25, 0.3) is 0 Å². The average Bonchev–Trinajstić information content (AvgIpc) is 2.20. The Morgan fingerprint density at radius 3 is 2.93 bits per heavy atom. The van der Waals surface area contributed by atoms with Gasteiger partial charge >= 0.3 is 0 Å². The van der Waals surface area contributed by atoms with Crippen LogP contribution in [0.1, 0.15) is 5.56 Å². The SMILES string of the molecule is Cc1ccc(N2CCNCC2=O)c(Cl)c1. The smallest absolute Gasteiger partial charge is 0.241 e. The van der Waals surface area contributed by atoms with E-state index in [9.17, 15) is 4.79 Å². The molecule has 0 saturated carbocycles. The Labute approximate surface area is 94.0 Å². The number of halogens is 1. The largest absolute Gasteiger partial charge is 0.309 e. The lowest BCUT2D eigenvalue weighted by molar-refractivity contribution is -0.118. The van der Waals surface area contributed by atoms with Crippen LogP contribution in [0, 0.1) is 6.92 Å². The highest BCUT2D eigenvalue weighted by molar-refractivity contribution is 6.33. The summed E-state index contributed by atoms with van der Waals surface area (Å²) in [6.45, 7) is 3.87. The number of carbonyl (C=O) groups is 1. The summed E-state index contributed by atoms with van der Waals surface area (Å²) in [4.78, 5) is 13.4. The predicted molar refractivity (Wildman–Crippen MR) is 61.4 cm³/mol. The van der Waals surface area contributed by atoms with E-state index in [1.807, 2.05) is 25.1 Å². The van der Waals surface area contributed by atoms with Gasteiger partial charge in [0, 0.05) is 13.1 Å². The summed E-state index contributed by atoms with van der Waals surface area (Å²) in [5.74, 6) is 0.0759. The topological polar surface area (TPSA) is 32.3 Å². The van der Waals surface area contributed by atoms with Gasteiger partial charge in [-0.1, -0.05) is 17.7 Å². The van der Waals surface area contributed by atoms with Crippen molar-refractivity contribution in [2.45, 2.75) is 6.92 Å². The fraction of sp³-hybridized carbons (Fsp3) is 0.364. The molecule has 1 amide bonds. The van der Waals surface area contributed by atoms with Gasteiger partial charge in [0.05, 0.1) is 17.3 Å². The quantitative estimate of drug-likeness (QED) is 0.786. The van der Waals surface area contributed by atoms with Crippen LogP contribution in [0.5, 0.6) is 0 Å². The fourth-order valence-electron chi connectivity index (χ4n) is 1.69. The number of rotatable bonds is 1. The zero-order valence-corrected chi connectivity index (χ0v) is 9.34. The highest BCUT2D eigenvalue weighted by Gasteiger charge is 2.20. The molecule has 0 aliphatic carbocycles. The van der Waals surface area contributed by atoms with E-state index < -0.39 is 0 Å². The number of aryl methyl sites for hydroxylation is 1. The van der Waals surface area contributed by atoms with Crippen molar-refractivity contribution in [2.75, 3.05) is 24.5 Å². The van der Waals surface area contributed by atoms with Crippen molar-refractivity contribution < 1.29 is 4.79 Å². The van der Waals surface area contributed by atoms with E-state index in [0.29, 0.717) is 18.1 Å². The van der Waals surface area contributed by atoms with Gasteiger partial charge < -0.3 is 10.2 Å². The number of nitrogens with one attached hydrogen (secondary N) is 1. The van der Waals surface area contributed by atoms with Gasteiger partial charge in [0.2, 0.25) is 5.91 Å². The lowest BCUT2D eigenvalue weighted by Crippen LogP contribution is -2.48. The number of benzene rings is 1. The van der Waals surface area contributed by atoms with Crippen LogP contribution in [0.3, 0.4) is 0 Å². The molecule has 15 heavy (non-hydrogen) atoms. The third-order valence-electron chi connectivity index (χ3n) is 2.48. The summed E-state index contributed by atoms with van der Waals surface area (Å²) in [6.07, 6.45) is 0. The molecular weight excluding hydrogens is 212 g/mol. The van der Waals surface area contributed by atoms with Gasteiger partial charge in [-0.05, 0) is 24.6 Å². The molecule has 1 fully saturated rings. The van der Waals surface area contributed by atoms with Crippen molar-refractivity contribution in [3.05, 3.63) is 28.8 Å². The van der Waals surface area contributed by atoms with Crippen LogP contribution in [0.15, 0.2) is 18.2 Å². The lowest BCUT2D eigenvalue weighted by Gasteiger charge is -2.28. The molecule has 1 aromatic rings. The lowest BCUT2D eigenvalue weighted by atomic mass is 10.2. The molecule has 0 radical (unpaired) electrons. The van der Waals surface area contributed by atoms with Crippen LogP contribution in [-0.2, 0) is 4.79 Å². The Morgan fingerprint density at radius 2 is 2.27 bits per heavy atom. The molecule has 0 spiro atoms. The summed E-state index contributed by atoms with van der Waals surface area (Å²) >= 11 is 6.11. The average molecular weight is 225 g/mol. The van der Waals surface area contributed by atoms with Crippen LogP contribution in [0.4, 0.5) is 5.69 Å².